The number of rotatable bonds is 14. The highest BCUT2D eigenvalue weighted by atomic mass is 31.2. The second kappa shape index (κ2) is 21.8. The number of allylic oxidation sites excluding steroid dienone is 2. The molecule has 0 aliphatic carbocycles. The molecule has 0 heterocycles. The van der Waals surface area contributed by atoms with E-state index >= 15 is 0 Å². The fraction of sp³-hybridized carbons (Fsp3) is 0.407. The first kappa shape index (κ1) is 32.3. The lowest BCUT2D eigenvalue weighted by molar-refractivity contribution is -0.154. The number of ether oxygens (including phenoxy) is 2. The molecule has 0 unspecified atom stereocenters. The fourth-order valence-electron chi connectivity index (χ4n) is 1.97. The zero-order chi connectivity index (χ0) is 26.9. The van der Waals surface area contributed by atoms with E-state index in [9.17, 15) is 14.2 Å². The number of carbonyl (C=O) groups excluding carboxylic acids is 2. The lowest BCUT2D eigenvalue weighted by Gasteiger charge is -2.16. The van der Waals surface area contributed by atoms with Gasteiger partial charge in [-0.1, -0.05) is 49.6 Å². The summed E-state index contributed by atoms with van der Waals surface area (Å²) < 4.78 is 25.1. The molecule has 2 N–H and O–H groups in total. The van der Waals surface area contributed by atoms with Crippen LogP contribution in [0.5, 0.6) is 0 Å². The van der Waals surface area contributed by atoms with Crippen LogP contribution in [-0.4, -0.2) is 41.0 Å². The summed E-state index contributed by atoms with van der Waals surface area (Å²) in [7, 11) is -4.84. The van der Waals surface area contributed by atoms with E-state index in [1.165, 1.54) is 0 Å². The third kappa shape index (κ3) is 23.5. The molecule has 0 aromatic rings. The minimum atomic E-state index is -4.84. The molecule has 0 spiro atoms. The molecular formula is C27H29O8P. The highest BCUT2D eigenvalue weighted by molar-refractivity contribution is 7.46. The van der Waals surface area contributed by atoms with Crippen LogP contribution in [0.1, 0.15) is 52.4 Å². The third-order valence-electron chi connectivity index (χ3n) is 3.65. The zero-order valence-electron chi connectivity index (χ0n) is 20.3. The molecule has 0 bridgehead atoms. The van der Waals surface area contributed by atoms with Gasteiger partial charge in [0.05, 0.1) is 18.8 Å². The Kier molecular flexibility index (Phi) is 19.6. The van der Waals surface area contributed by atoms with Crippen molar-refractivity contribution in [2.45, 2.75) is 58.5 Å². The molecule has 1 atom stereocenters. The molecule has 0 rings (SSSR count). The van der Waals surface area contributed by atoms with Crippen molar-refractivity contribution in [3.05, 3.63) is 81.6 Å². The van der Waals surface area contributed by atoms with Gasteiger partial charge in [-0.05, 0) is 72.2 Å². The Hall–Kier alpha value is -3.67. The van der Waals surface area contributed by atoms with E-state index in [4.69, 9.17) is 19.3 Å². The van der Waals surface area contributed by atoms with Crippen LogP contribution >= 0.6 is 7.82 Å². The summed E-state index contributed by atoms with van der Waals surface area (Å²) in [6, 6.07) is 0. The van der Waals surface area contributed by atoms with Crippen LogP contribution < -0.4 is 0 Å². The summed E-state index contributed by atoms with van der Waals surface area (Å²) in [5, 5.41) is 0. The average molecular weight is 512 g/mol. The molecule has 0 aromatic heterocycles. The van der Waals surface area contributed by atoms with E-state index in [2.05, 4.69) is 75.7 Å². The van der Waals surface area contributed by atoms with Crippen molar-refractivity contribution in [3.8, 4) is 0 Å². The molecule has 0 aliphatic rings. The summed E-state index contributed by atoms with van der Waals surface area (Å²) in [4.78, 5) is 41.4. The van der Waals surface area contributed by atoms with Gasteiger partial charge in [0.2, 0.25) is 0 Å². The standard InChI is InChI=1S/C27H29O8P/c1-3-5-7-9-11-13-15-17-19-21-26(28)33-23-25(24-34-36(30,31)32)35-27(29)22-20-18-16-14-12-10-8-6-4-2/h9-10,21-22,25H,3-8,23-24H2,1-2H3,(H2,30,31,32)/t25-/m1/s1. The second-order valence-electron chi connectivity index (χ2n) is 6.78. The van der Waals surface area contributed by atoms with Gasteiger partial charge >= 0.3 is 19.8 Å². The monoisotopic (exact) mass is 512 g/mol. The van der Waals surface area contributed by atoms with Gasteiger partial charge in [-0.3, -0.25) is 4.52 Å². The fourth-order valence-corrected chi connectivity index (χ4v) is 2.33. The number of phosphoric acid groups is 1. The van der Waals surface area contributed by atoms with Crippen molar-refractivity contribution in [1.82, 2.24) is 0 Å². The Bertz CT molecular complexity index is 1190. The van der Waals surface area contributed by atoms with Crippen LogP contribution in [0.15, 0.2) is 81.6 Å². The lowest BCUT2D eigenvalue weighted by Crippen LogP contribution is -2.28. The minimum Gasteiger partial charge on any atom is -0.458 e. The Morgan fingerprint density at radius 1 is 0.778 bits per heavy atom. The summed E-state index contributed by atoms with van der Waals surface area (Å²) in [6.45, 7) is 2.89. The SMILES string of the molecule is CCCCC=C=C=C=C=C=CC(=O)OC[C@H](COP(=O)(O)O)OC(=O)C=C=C=C=C=C=CCCCC. The minimum absolute atomic E-state index is 0.541. The van der Waals surface area contributed by atoms with E-state index in [1.807, 2.05) is 0 Å². The van der Waals surface area contributed by atoms with Gasteiger partial charge in [0.1, 0.15) is 6.61 Å². The quantitative estimate of drug-likeness (QED) is 0.114. The first-order valence-corrected chi connectivity index (χ1v) is 12.7. The van der Waals surface area contributed by atoms with Gasteiger partial charge in [0, 0.05) is 0 Å². The Morgan fingerprint density at radius 3 is 1.78 bits per heavy atom. The lowest BCUT2D eigenvalue weighted by atomic mass is 10.2. The van der Waals surface area contributed by atoms with E-state index in [1.54, 1.807) is 12.2 Å². The van der Waals surface area contributed by atoms with Gasteiger partial charge in [-0.15, -0.1) is 0 Å². The Balaban J connectivity index is 5.16. The number of phosphoric ester groups is 1. The number of hydrogen-bond acceptors (Lipinski definition) is 6. The normalized spacial score (nSPS) is 9.78. The Morgan fingerprint density at radius 2 is 1.28 bits per heavy atom. The second-order valence-corrected chi connectivity index (χ2v) is 8.02. The van der Waals surface area contributed by atoms with Crippen molar-refractivity contribution in [2.24, 2.45) is 0 Å². The number of esters is 2. The summed E-state index contributed by atoms with van der Waals surface area (Å²) >= 11 is 0. The number of unbranched alkanes of at least 4 members (excludes halogenated alkanes) is 4. The van der Waals surface area contributed by atoms with Gasteiger partial charge in [0.25, 0.3) is 0 Å². The summed E-state index contributed by atoms with van der Waals surface area (Å²) in [5.74, 6) is -1.81. The molecule has 9 heteroatoms. The molecule has 36 heavy (non-hydrogen) atoms. The van der Waals surface area contributed by atoms with Gasteiger partial charge in [-0.25, -0.2) is 14.2 Å². The summed E-state index contributed by atoms with van der Waals surface area (Å²) in [6.07, 6.45) is 10.0. The summed E-state index contributed by atoms with van der Waals surface area (Å²) in [5.41, 5.74) is 25.2. The van der Waals surface area contributed by atoms with Crippen LogP contribution in [0.4, 0.5) is 0 Å². The van der Waals surface area contributed by atoms with Gasteiger partial charge in [-0.2, -0.15) is 0 Å². The average Bonchev–Trinajstić information content (AvgIpc) is 2.83. The number of carbonyl (C=O) groups is 2. The molecule has 0 fully saturated rings. The highest BCUT2D eigenvalue weighted by Crippen LogP contribution is 2.35. The van der Waals surface area contributed by atoms with Crippen LogP contribution in [0.2, 0.25) is 0 Å². The molecule has 0 saturated carbocycles. The highest BCUT2D eigenvalue weighted by Gasteiger charge is 2.22. The van der Waals surface area contributed by atoms with Crippen molar-refractivity contribution in [1.29, 1.82) is 0 Å². The van der Waals surface area contributed by atoms with E-state index in [0.29, 0.717) is 0 Å². The number of hydrogen-bond donors (Lipinski definition) is 2. The maximum atomic E-state index is 11.9. The maximum absolute atomic E-state index is 11.9. The van der Waals surface area contributed by atoms with Crippen molar-refractivity contribution >= 4 is 19.8 Å². The molecule has 190 valence electrons. The zero-order valence-corrected chi connectivity index (χ0v) is 21.2. The maximum Gasteiger partial charge on any atom is 0.469 e. The predicted octanol–water partition coefficient (Wildman–Crippen LogP) is 4.59. The van der Waals surface area contributed by atoms with Crippen molar-refractivity contribution in [2.75, 3.05) is 13.2 Å². The van der Waals surface area contributed by atoms with Crippen LogP contribution in [0, 0.1) is 0 Å². The van der Waals surface area contributed by atoms with Crippen LogP contribution in [0.25, 0.3) is 0 Å². The van der Waals surface area contributed by atoms with Crippen LogP contribution in [0.3, 0.4) is 0 Å². The molecule has 0 radical (unpaired) electrons. The molecule has 0 aromatic carbocycles. The first-order valence-electron chi connectivity index (χ1n) is 11.2. The molecule has 0 amide bonds. The third-order valence-corrected chi connectivity index (χ3v) is 4.14. The molecule has 0 saturated heterocycles. The van der Waals surface area contributed by atoms with Crippen LogP contribution in [-0.2, 0) is 28.2 Å². The molecule has 8 nitrogen and oxygen atoms in total. The van der Waals surface area contributed by atoms with E-state index in [0.717, 1.165) is 50.7 Å². The topological polar surface area (TPSA) is 119 Å². The van der Waals surface area contributed by atoms with Gasteiger partial charge < -0.3 is 19.3 Å². The van der Waals surface area contributed by atoms with E-state index < -0.39 is 39.1 Å². The van der Waals surface area contributed by atoms with Crippen molar-refractivity contribution in [3.63, 3.8) is 0 Å². The van der Waals surface area contributed by atoms with E-state index in [-0.39, 0.29) is 0 Å². The van der Waals surface area contributed by atoms with Crippen molar-refractivity contribution < 1.29 is 37.9 Å². The molecule has 0 aliphatic heterocycles. The predicted molar refractivity (Wildman–Crippen MR) is 131 cm³/mol. The largest absolute Gasteiger partial charge is 0.469 e. The Labute approximate surface area is 211 Å². The first-order chi connectivity index (χ1) is 17.3. The van der Waals surface area contributed by atoms with Gasteiger partial charge in [0.15, 0.2) is 6.10 Å². The molecular weight excluding hydrogens is 483 g/mol. The smallest absolute Gasteiger partial charge is 0.458 e.